The van der Waals surface area contributed by atoms with Crippen LogP contribution in [0.3, 0.4) is 0 Å². The van der Waals surface area contributed by atoms with Crippen molar-refractivity contribution in [2.45, 2.75) is 207 Å². The summed E-state index contributed by atoms with van der Waals surface area (Å²) in [6.07, 6.45) is 68.3. The first-order valence-electron chi connectivity index (χ1n) is 24.4. The molecule has 0 aromatic heterocycles. The van der Waals surface area contributed by atoms with E-state index >= 15 is 0 Å². The van der Waals surface area contributed by atoms with Crippen LogP contribution in [0.25, 0.3) is 0 Å². The monoisotopic (exact) mass is 831 g/mol. The fourth-order valence-electron chi connectivity index (χ4n) is 6.28. The van der Waals surface area contributed by atoms with E-state index in [4.69, 9.17) is 14.2 Å². The van der Waals surface area contributed by atoms with Gasteiger partial charge in [0.25, 0.3) is 0 Å². The molecule has 0 spiro atoms. The lowest BCUT2D eigenvalue weighted by atomic mass is 10.0. The van der Waals surface area contributed by atoms with Crippen LogP contribution in [0.15, 0.2) is 109 Å². The minimum absolute atomic E-state index is 0.00989. The number of unbranched alkanes of at least 4 members (excludes halogenated alkanes) is 15. The van der Waals surface area contributed by atoms with Gasteiger partial charge in [-0.25, -0.2) is 0 Å². The Morgan fingerprint density at radius 2 is 0.800 bits per heavy atom. The first kappa shape index (κ1) is 56.6. The van der Waals surface area contributed by atoms with Crippen molar-refractivity contribution in [1.29, 1.82) is 0 Å². The van der Waals surface area contributed by atoms with Crippen molar-refractivity contribution >= 4 is 11.9 Å². The molecule has 0 aliphatic heterocycles. The number of esters is 2. The second-order valence-corrected chi connectivity index (χ2v) is 15.6. The number of carbonyl (C=O) groups excluding carboxylic acids is 2. The molecule has 5 heteroatoms. The molecule has 0 saturated heterocycles. The highest BCUT2D eigenvalue weighted by Gasteiger charge is 2.17. The van der Waals surface area contributed by atoms with E-state index in [-0.39, 0.29) is 31.6 Å². The van der Waals surface area contributed by atoms with Gasteiger partial charge in [-0.1, -0.05) is 214 Å². The summed E-state index contributed by atoms with van der Waals surface area (Å²) in [6.45, 7) is 7.44. The molecule has 5 nitrogen and oxygen atoms in total. The number of hydrogen-bond acceptors (Lipinski definition) is 5. The van der Waals surface area contributed by atoms with E-state index in [1.807, 2.05) is 12.2 Å². The predicted octanol–water partition coefficient (Wildman–Crippen LogP) is 16.4. The van der Waals surface area contributed by atoms with Crippen LogP contribution < -0.4 is 0 Å². The molecule has 0 aromatic rings. The maximum atomic E-state index is 12.8. The quantitative estimate of drug-likeness (QED) is 0.0348. The van der Waals surface area contributed by atoms with Crippen LogP contribution >= 0.6 is 0 Å². The maximum absolute atomic E-state index is 12.8. The molecule has 0 radical (unpaired) electrons. The molecule has 0 amide bonds. The van der Waals surface area contributed by atoms with Gasteiger partial charge in [-0.05, 0) is 83.5 Å². The lowest BCUT2D eigenvalue weighted by Gasteiger charge is -2.18. The molecule has 0 bridgehead atoms. The lowest BCUT2D eigenvalue weighted by Crippen LogP contribution is -2.30. The summed E-state index contributed by atoms with van der Waals surface area (Å²) in [7, 11) is 0. The van der Waals surface area contributed by atoms with Crippen molar-refractivity contribution in [2.75, 3.05) is 19.8 Å². The molecular formula is C55H90O5. The first-order valence-corrected chi connectivity index (χ1v) is 24.4. The van der Waals surface area contributed by atoms with E-state index in [1.165, 1.54) is 77.0 Å². The van der Waals surface area contributed by atoms with Gasteiger partial charge in [0.2, 0.25) is 0 Å². The van der Waals surface area contributed by atoms with E-state index in [9.17, 15) is 9.59 Å². The Labute approximate surface area is 370 Å². The van der Waals surface area contributed by atoms with Gasteiger partial charge in [0.1, 0.15) is 6.61 Å². The SMILES string of the molecule is CC/C=C\C/C=C\C/C=C\C/C=C\C/C=C\CC(=O)OCC(COCCCCCCCCCCCCCCCC)OC(=O)CCCC/C=C\C/C=C\C/C=C\C/C=C\CC. The Kier molecular flexibility index (Phi) is 47.1. The van der Waals surface area contributed by atoms with E-state index < -0.39 is 6.10 Å². The van der Waals surface area contributed by atoms with Crippen LogP contribution in [0.1, 0.15) is 201 Å². The Morgan fingerprint density at radius 1 is 0.400 bits per heavy atom. The zero-order valence-corrected chi connectivity index (χ0v) is 38.9. The van der Waals surface area contributed by atoms with E-state index in [0.717, 1.165) is 89.9 Å². The number of rotatable bonds is 43. The van der Waals surface area contributed by atoms with Gasteiger partial charge >= 0.3 is 11.9 Å². The number of ether oxygens (including phenoxy) is 3. The number of hydrogen-bond donors (Lipinski definition) is 0. The van der Waals surface area contributed by atoms with E-state index in [2.05, 4.69) is 118 Å². The largest absolute Gasteiger partial charge is 0.461 e. The average molecular weight is 831 g/mol. The molecule has 340 valence electrons. The summed E-state index contributed by atoms with van der Waals surface area (Å²) in [5.41, 5.74) is 0. The topological polar surface area (TPSA) is 61.8 Å². The van der Waals surface area contributed by atoms with Gasteiger partial charge in [0.15, 0.2) is 6.10 Å². The Balaban J connectivity index is 4.48. The third-order valence-electron chi connectivity index (χ3n) is 9.84. The van der Waals surface area contributed by atoms with Crippen molar-refractivity contribution < 1.29 is 23.8 Å². The molecule has 1 unspecified atom stereocenters. The second-order valence-electron chi connectivity index (χ2n) is 15.6. The van der Waals surface area contributed by atoms with Gasteiger partial charge in [0.05, 0.1) is 13.0 Å². The minimum atomic E-state index is -0.601. The lowest BCUT2D eigenvalue weighted by molar-refractivity contribution is -0.162. The number of carbonyl (C=O) groups is 2. The van der Waals surface area contributed by atoms with Gasteiger partial charge < -0.3 is 14.2 Å². The summed E-state index contributed by atoms with van der Waals surface area (Å²) in [6, 6.07) is 0. The summed E-state index contributed by atoms with van der Waals surface area (Å²) >= 11 is 0. The van der Waals surface area contributed by atoms with Crippen LogP contribution in [0.4, 0.5) is 0 Å². The van der Waals surface area contributed by atoms with Crippen LogP contribution in [0.2, 0.25) is 0 Å². The highest BCUT2D eigenvalue weighted by Crippen LogP contribution is 2.13. The summed E-state index contributed by atoms with van der Waals surface area (Å²) in [4.78, 5) is 25.3. The zero-order valence-electron chi connectivity index (χ0n) is 38.9. The summed E-state index contributed by atoms with van der Waals surface area (Å²) in [5.74, 6) is -0.596. The van der Waals surface area contributed by atoms with Crippen LogP contribution in [-0.4, -0.2) is 37.9 Å². The molecule has 0 saturated carbocycles. The van der Waals surface area contributed by atoms with Gasteiger partial charge in [-0.15, -0.1) is 0 Å². The second kappa shape index (κ2) is 49.9. The maximum Gasteiger partial charge on any atom is 0.309 e. The fraction of sp³-hybridized carbons (Fsp3) is 0.636. The van der Waals surface area contributed by atoms with Gasteiger partial charge in [0, 0.05) is 13.0 Å². The molecule has 1 atom stereocenters. The smallest absolute Gasteiger partial charge is 0.309 e. The molecule has 0 fully saturated rings. The fourth-order valence-corrected chi connectivity index (χ4v) is 6.28. The minimum Gasteiger partial charge on any atom is -0.461 e. The number of allylic oxidation sites excluding steroid dienone is 17. The molecular weight excluding hydrogens is 741 g/mol. The average Bonchev–Trinajstić information content (AvgIpc) is 3.25. The van der Waals surface area contributed by atoms with Gasteiger partial charge in [-0.2, -0.15) is 0 Å². The summed E-state index contributed by atoms with van der Waals surface area (Å²) < 4.78 is 17.2. The van der Waals surface area contributed by atoms with Crippen LogP contribution in [0, 0.1) is 0 Å². The Hall–Kier alpha value is -3.44. The van der Waals surface area contributed by atoms with E-state index in [1.54, 1.807) is 0 Å². The van der Waals surface area contributed by atoms with E-state index in [0.29, 0.717) is 13.0 Å². The first-order chi connectivity index (χ1) is 29.6. The molecule has 0 heterocycles. The molecule has 0 aliphatic rings. The van der Waals surface area contributed by atoms with Gasteiger partial charge in [-0.3, -0.25) is 9.59 Å². The highest BCUT2D eigenvalue weighted by atomic mass is 16.6. The molecule has 0 N–H and O–H groups in total. The standard InChI is InChI=1S/C55H90O5/c1-4-7-10-13-16-19-22-25-28-30-33-36-39-42-45-48-54(56)59-52-53(51-58-50-47-44-41-38-35-32-27-24-21-18-15-12-9-6-3)60-55(57)49-46-43-40-37-34-31-29-26-23-20-17-14-11-8-5-2/h7-8,10-11,16-17,19-20,25-26,28-29,33-34,36-37,42,45,53H,4-6,9,12-15,18,21-24,27,30-32,35,38-41,43-44,46-52H2,1-3H3/b10-7-,11-8-,19-16-,20-17-,28-25-,29-26-,36-33-,37-34-,45-42-. The van der Waals surface area contributed by atoms with Crippen molar-refractivity contribution in [2.24, 2.45) is 0 Å². The normalized spacial score (nSPS) is 13.2. The van der Waals surface area contributed by atoms with Crippen molar-refractivity contribution in [3.8, 4) is 0 Å². The molecule has 0 rings (SSSR count). The summed E-state index contributed by atoms with van der Waals surface area (Å²) in [5, 5.41) is 0. The van der Waals surface area contributed by atoms with Crippen molar-refractivity contribution in [1.82, 2.24) is 0 Å². The third kappa shape index (κ3) is 47.2. The molecule has 0 aromatic carbocycles. The Bertz CT molecular complexity index is 1210. The van der Waals surface area contributed by atoms with Crippen LogP contribution in [0.5, 0.6) is 0 Å². The molecule has 60 heavy (non-hydrogen) atoms. The molecule has 0 aliphatic carbocycles. The Morgan fingerprint density at radius 3 is 1.25 bits per heavy atom. The third-order valence-corrected chi connectivity index (χ3v) is 9.84. The predicted molar refractivity (Wildman–Crippen MR) is 260 cm³/mol. The van der Waals surface area contributed by atoms with Crippen molar-refractivity contribution in [3.05, 3.63) is 109 Å². The van der Waals surface area contributed by atoms with Crippen LogP contribution in [-0.2, 0) is 23.8 Å². The zero-order chi connectivity index (χ0) is 43.5. The van der Waals surface area contributed by atoms with Crippen molar-refractivity contribution in [3.63, 3.8) is 0 Å². The highest BCUT2D eigenvalue weighted by molar-refractivity contribution is 5.71.